The first-order valence-corrected chi connectivity index (χ1v) is 18.2. The van der Waals surface area contributed by atoms with Crippen molar-refractivity contribution >= 4 is 17.2 Å². The molecule has 11 heteroatoms. The third kappa shape index (κ3) is 11.0. The molecule has 0 atom stereocenters. The van der Waals surface area contributed by atoms with Crippen LogP contribution in [0.4, 0.5) is 0 Å². The molecule has 0 aliphatic rings. The van der Waals surface area contributed by atoms with Gasteiger partial charge in [0, 0.05) is 0 Å². The lowest BCUT2D eigenvalue weighted by Gasteiger charge is -2.48. The molecule has 0 amide bonds. The Morgan fingerprint density at radius 3 is 1.00 bits per heavy atom. The number of unbranched alkanes of at least 4 members (excludes halogenated alkanes) is 4. The summed E-state index contributed by atoms with van der Waals surface area (Å²) in [5.74, 6) is 0. The van der Waals surface area contributed by atoms with Crippen LogP contribution >= 0.6 is 17.2 Å². The summed E-state index contributed by atoms with van der Waals surface area (Å²) in [5, 5.41) is 45.8. The monoisotopic (exact) mass is 658 g/mol. The molecule has 0 aromatic heterocycles. The summed E-state index contributed by atoms with van der Waals surface area (Å²) >= 11 is 0. The Hall–Kier alpha value is -1.06. The molecular weight excluding hydrogens is 602 g/mol. The molecule has 0 heterocycles. The van der Waals surface area contributed by atoms with Crippen molar-refractivity contribution in [3.05, 3.63) is 69.8 Å². The highest BCUT2D eigenvalue weighted by Crippen LogP contribution is 2.50. The number of rotatable bonds is 20. The second-order valence-electron chi connectivity index (χ2n) is 11.4. The van der Waals surface area contributed by atoms with Gasteiger partial charge in [0.1, 0.15) is 5.60 Å². The molecule has 2 aromatic carbocycles. The fourth-order valence-electron chi connectivity index (χ4n) is 5.75. The molecule has 0 saturated heterocycles. The summed E-state index contributed by atoms with van der Waals surface area (Å²) in [4.78, 5) is 31.3. The van der Waals surface area contributed by atoms with E-state index >= 15 is 0 Å². The fraction of sp³-hybridized carbons (Fsp3) is 0.636. The zero-order valence-corrected chi connectivity index (χ0v) is 28.7. The molecule has 9 nitrogen and oxygen atoms in total. The van der Waals surface area contributed by atoms with E-state index in [4.69, 9.17) is 19.6 Å². The maximum Gasteiger partial charge on any atom is 0.334 e. The lowest BCUT2D eigenvalue weighted by molar-refractivity contribution is -0.137. The van der Waals surface area contributed by atoms with Crippen molar-refractivity contribution in [1.29, 1.82) is 0 Å². The normalized spacial score (nSPS) is 12.1. The number of aliphatic hydroxyl groups excluding tert-OH is 3. The Morgan fingerprint density at radius 2 is 0.818 bits per heavy atom. The number of benzene rings is 2. The van der Waals surface area contributed by atoms with Crippen LogP contribution in [0.2, 0.25) is 0 Å². The summed E-state index contributed by atoms with van der Waals surface area (Å²) in [7, 11) is -5.22. The van der Waals surface area contributed by atoms with Gasteiger partial charge in [0.05, 0.1) is 25.2 Å². The molecule has 0 aliphatic heterocycles. The van der Waals surface area contributed by atoms with Crippen molar-refractivity contribution in [2.75, 3.05) is 19.8 Å². The highest BCUT2D eigenvalue weighted by Gasteiger charge is 2.55. The van der Waals surface area contributed by atoms with E-state index in [0.29, 0.717) is 0 Å². The van der Waals surface area contributed by atoms with Gasteiger partial charge < -0.3 is 40.0 Å². The summed E-state index contributed by atoms with van der Waals surface area (Å²) in [6, 6.07) is 12.5. The first-order valence-electron chi connectivity index (χ1n) is 15.9. The van der Waals surface area contributed by atoms with E-state index in [1.807, 2.05) is 0 Å². The standard InChI is InChI=1S/C33H52O4.H4O5P2/c1-5-9-15-26-19-13-20-27(16-10-6-2)30(26)33(37,32(23-34,24-35)25-36)31-28(17-11-7-3)21-14-22-29(31)18-12-8-4;1-6(2)5-7(3)4/h13-14,19-22,34-37H,5-12,15-18,23-25H2,1-4H3;1-4H. The van der Waals surface area contributed by atoms with Crippen LogP contribution in [0.15, 0.2) is 36.4 Å². The minimum Gasteiger partial charge on any atom is -0.395 e. The van der Waals surface area contributed by atoms with Crippen LogP contribution in [0, 0.1) is 5.41 Å². The third-order valence-electron chi connectivity index (χ3n) is 8.22. The van der Waals surface area contributed by atoms with E-state index in [-0.39, 0.29) is 0 Å². The van der Waals surface area contributed by atoms with Gasteiger partial charge in [0.2, 0.25) is 0 Å². The smallest absolute Gasteiger partial charge is 0.334 e. The topological polar surface area (TPSA) is 171 Å². The van der Waals surface area contributed by atoms with Crippen LogP contribution < -0.4 is 0 Å². The highest BCUT2D eigenvalue weighted by molar-refractivity contribution is 7.53. The minimum absolute atomic E-state index is 0.527. The van der Waals surface area contributed by atoms with Gasteiger partial charge in [-0.25, -0.2) is 4.31 Å². The Morgan fingerprint density at radius 1 is 0.545 bits per heavy atom. The van der Waals surface area contributed by atoms with Crippen molar-refractivity contribution in [1.82, 2.24) is 0 Å². The zero-order valence-electron chi connectivity index (χ0n) is 27.0. The largest absolute Gasteiger partial charge is 0.395 e. The molecular formula is C33H56O9P2. The van der Waals surface area contributed by atoms with Gasteiger partial charge in [-0.1, -0.05) is 89.8 Å². The maximum absolute atomic E-state index is 13.3. The second-order valence-corrected chi connectivity index (χ2v) is 13.0. The molecule has 252 valence electrons. The fourth-order valence-corrected chi connectivity index (χ4v) is 6.27. The summed E-state index contributed by atoms with van der Waals surface area (Å²) in [5.41, 5.74) is 2.47. The average molecular weight is 659 g/mol. The predicted octanol–water partition coefficient (Wildman–Crippen LogP) is 5.68. The second kappa shape index (κ2) is 21.7. The van der Waals surface area contributed by atoms with E-state index in [1.54, 1.807) is 0 Å². The SMILES string of the molecule is CCCCc1cccc(CCCC)c1C(O)(c1c(CCCC)cccc1CCCC)C(CO)(CO)CO.OP(O)OP(O)O. The van der Waals surface area contributed by atoms with Gasteiger partial charge in [-0.15, -0.1) is 0 Å². The predicted molar refractivity (Wildman–Crippen MR) is 178 cm³/mol. The first kappa shape index (κ1) is 41.0. The van der Waals surface area contributed by atoms with Gasteiger partial charge in [0.15, 0.2) is 0 Å². The van der Waals surface area contributed by atoms with Gasteiger partial charge in [0.25, 0.3) is 0 Å². The number of aliphatic hydroxyl groups is 4. The Labute approximate surface area is 266 Å². The van der Waals surface area contributed by atoms with Gasteiger partial charge in [-0.3, -0.25) is 0 Å². The van der Waals surface area contributed by atoms with Crippen LogP contribution in [-0.4, -0.2) is 59.8 Å². The van der Waals surface area contributed by atoms with Crippen LogP contribution in [0.1, 0.15) is 112 Å². The lowest BCUT2D eigenvalue weighted by Crippen LogP contribution is -2.55. The van der Waals surface area contributed by atoms with Crippen molar-refractivity contribution < 1.29 is 44.3 Å². The van der Waals surface area contributed by atoms with Crippen LogP contribution in [-0.2, 0) is 35.6 Å². The lowest BCUT2D eigenvalue weighted by atomic mass is 9.61. The molecule has 0 radical (unpaired) electrons. The van der Waals surface area contributed by atoms with E-state index in [2.05, 4.69) is 68.4 Å². The highest BCUT2D eigenvalue weighted by atomic mass is 31.2. The van der Waals surface area contributed by atoms with Crippen molar-refractivity contribution in [3.63, 3.8) is 0 Å². The van der Waals surface area contributed by atoms with Crippen LogP contribution in [0.25, 0.3) is 0 Å². The Kier molecular flexibility index (Phi) is 20.2. The number of hydrogen-bond acceptors (Lipinski definition) is 9. The molecule has 0 spiro atoms. The van der Waals surface area contributed by atoms with E-state index in [9.17, 15) is 20.4 Å². The molecule has 8 N–H and O–H groups in total. The van der Waals surface area contributed by atoms with Crippen molar-refractivity contribution in [2.45, 2.75) is 110 Å². The quantitative estimate of drug-likeness (QED) is 0.0834. The molecule has 0 saturated carbocycles. The molecule has 2 aromatic rings. The number of aryl methyl sites for hydroxylation is 4. The molecule has 0 bridgehead atoms. The molecule has 44 heavy (non-hydrogen) atoms. The zero-order chi connectivity index (χ0) is 33.2. The van der Waals surface area contributed by atoms with Crippen molar-refractivity contribution in [2.24, 2.45) is 5.41 Å². The number of hydrogen-bond donors (Lipinski definition) is 8. The van der Waals surface area contributed by atoms with Gasteiger partial charge >= 0.3 is 17.2 Å². The van der Waals surface area contributed by atoms with Crippen molar-refractivity contribution in [3.8, 4) is 0 Å². The van der Waals surface area contributed by atoms with E-state index in [1.165, 1.54) is 0 Å². The van der Waals surface area contributed by atoms with E-state index in [0.717, 1.165) is 110 Å². The molecule has 2 rings (SSSR count). The Bertz CT molecular complexity index is 931. The summed E-state index contributed by atoms with van der Waals surface area (Å²) < 4.78 is 3.60. The first-order chi connectivity index (χ1) is 21.1. The minimum atomic E-state index is -2.61. The molecule has 0 aliphatic carbocycles. The maximum atomic E-state index is 13.3. The molecule has 0 unspecified atom stereocenters. The van der Waals surface area contributed by atoms with Gasteiger partial charge in [-0.2, -0.15) is 0 Å². The van der Waals surface area contributed by atoms with E-state index < -0.39 is 48.0 Å². The molecule has 0 fully saturated rings. The van der Waals surface area contributed by atoms with Crippen LogP contribution in [0.3, 0.4) is 0 Å². The summed E-state index contributed by atoms with van der Waals surface area (Å²) in [6.45, 7) is 7.07. The van der Waals surface area contributed by atoms with Crippen LogP contribution in [0.5, 0.6) is 0 Å². The summed E-state index contributed by atoms with van der Waals surface area (Å²) in [6.07, 6.45) is 11.2. The average Bonchev–Trinajstić information content (AvgIpc) is 3.01. The third-order valence-corrected chi connectivity index (χ3v) is 9.39. The Balaban J connectivity index is 0.00000123. The van der Waals surface area contributed by atoms with Gasteiger partial charge in [-0.05, 0) is 84.7 Å².